The number of hydrogen-bond donors (Lipinski definition) is 2. The van der Waals surface area contributed by atoms with E-state index in [1.165, 1.54) is 32.4 Å². The minimum atomic E-state index is 0. The molecule has 0 aromatic rings. The van der Waals surface area contributed by atoms with Crippen LogP contribution in [-0.4, -0.2) is 81.5 Å². The number of allylic oxidation sites excluding steroid dienone is 2. The molecular weight excluding hydrogens is 491 g/mol. The first-order valence-corrected chi connectivity index (χ1v) is 13.6. The van der Waals surface area contributed by atoms with Gasteiger partial charge in [0.25, 0.3) is 0 Å². The molecule has 7 nitrogen and oxygen atoms in total. The van der Waals surface area contributed by atoms with E-state index < -0.39 is 0 Å². The molecular formula is C26H54Cl2N2O5. The van der Waals surface area contributed by atoms with Crippen LogP contribution in [0.4, 0.5) is 0 Å². The van der Waals surface area contributed by atoms with Crippen molar-refractivity contribution in [2.45, 2.75) is 83.0 Å². The lowest BCUT2D eigenvalue weighted by Gasteiger charge is -2.48. The van der Waals surface area contributed by atoms with Crippen molar-refractivity contribution in [3.63, 3.8) is 0 Å². The minimum Gasteiger partial charge on any atom is -0.412 e. The zero-order valence-electron chi connectivity index (χ0n) is 22.2. The lowest BCUT2D eigenvalue weighted by Crippen LogP contribution is -2.53. The van der Waals surface area contributed by atoms with Crippen molar-refractivity contribution in [3.8, 4) is 0 Å². The van der Waals surface area contributed by atoms with Gasteiger partial charge in [-0.2, -0.15) is 0 Å². The van der Waals surface area contributed by atoms with Crippen LogP contribution >= 0.6 is 23.2 Å². The predicted molar refractivity (Wildman–Crippen MR) is 148 cm³/mol. The molecule has 1 heterocycles. The second-order valence-electron chi connectivity index (χ2n) is 11.7. The van der Waals surface area contributed by atoms with E-state index >= 15 is 0 Å². The Morgan fingerprint density at radius 2 is 1.69 bits per heavy atom. The molecule has 3 rings (SSSR count). The number of nitrogens with zero attached hydrogens (tertiary/aromatic N) is 1. The fourth-order valence-corrected chi connectivity index (χ4v) is 6.90. The van der Waals surface area contributed by atoms with Gasteiger partial charge >= 0.3 is 0 Å². The molecule has 0 bridgehead atoms. The van der Waals surface area contributed by atoms with Crippen molar-refractivity contribution in [1.29, 1.82) is 0 Å². The van der Waals surface area contributed by atoms with E-state index in [9.17, 15) is 5.11 Å². The highest BCUT2D eigenvalue weighted by Gasteiger charge is 2.40. The third-order valence-corrected chi connectivity index (χ3v) is 9.35. The van der Waals surface area contributed by atoms with Gasteiger partial charge in [-0.05, 0) is 86.6 Å². The molecule has 6 unspecified atom stereocenters. The number of aliphatic hydroxyl groups excluding tert-OH is 1. The molecule has 7 atom stereocenters. The van der Waals surface area contributed by atoms with Crippen molar-refractivity contribution >= 4 is 23.2 Å². The zero-order valence-corrected chi connectivity index (χ0v) is 23.7. The number of halogens is 2. The molecule has 0 spiro atoms. The quantitative estimate of drug-likeness (QED) is 0.354. The van der Waals surface area contributed by atoms with E-state index in [1.54, 1.807) is 0 Å². The summed E-state index contributed by atoms with van der Waals surface area (Å²) < 4.78 is 0. The number of aliphatic hydroxyl groups is 1. The Labute approximate surface area is 223 Å². The third-order valence-electron chi connectivity index (χ3n) is 8.41. The molecule has 3 aliphatic rings. The van der Waals surface area contributed by atoms with Gasteiger partial charge in [-0.25, -0.2) is 0 Å². The molecule has 1 saturated heterocycles. The Morgan fingerprint density at radius 1 is 1.00 bits per heavy atom. The summed E-state index contributed by atoms with van der Waals surface area (Å²) in [7, 11) is 0. The monoisotopic (exact) mass is 544 g/mol. The second-order valence-corrected chi connectivity index (χ2v) is 12.8. The lowest BCUT2D eigenvalue weighted by atomic mass is 9.65. The first-order chi connectivity index (χ1) is 14.7. The Morgan fingerprint density at radius 3 is 2.23 bits per heavy atom. The van der Waals surface area contributed by atoms with E-state index in [-0.39, 0.29) is 45.2 Å². The SMILES string of the molecule is CC(C)[C@H](CN1CCC(C2C=CC(Cl)CC2)C(C)(C)C1)NCC1CCC(Cl)C(CO)C1.O.O.O.O. The normalized spacial score (nSPS) is 33.5. The number of alkyl halides is 2. The molecule has 2 fully saturated rings. The summed E-state index contributed by atoms with van der Waals surface area (Å²) in [6, 6.07) is 0.514. The van der Waals surface area contributed by atoms with E-state index in [4.69, 9.17) is 23.2 Å². The van der Waals surface area contributed by atoms with Crippen LogP contribution in [0.1, 0.15) is 66.2 Å². The van der Waals surface area contributed by atoms with Crippen molar-refractivity contribution in [1.82, 2.24) is 10.2 Å². The maximum atomic E-state index is 9.62. The van der Waals surface area contributed by atoms with Crippen molar-refractivity contribution in [2.24, 2.45) is 35.0 Å². The molecule has 0 amide bonds. The average Bonchev–Trinajstić information content (AvgIpc) is 2.72. The predicted octanol–water partition coefficient (Wildman–Crippen LogP) is 2.24. The van der Waals surface area contributed by atoms with Crippen LogP contribution in [0.3, 0.4) is 0 Å². The summed E-state index contributed by atoms with van der Waals surface area (Å²) in [6.07, 6.45) is 11.6. The van der Waals surface area contributed by atoms with Gasteiger partial charge in [0.05, 0.1) is 5.38 Å². The van der Waals surface area contributed by atoms with E-state index in [2.05, 4.69) is 50.1 Å². The molecule has 1 aliphatic heterocycles. The Hall–Kier alpha value is 0.0400. The second kappa shape index (κ2) is 16.8. The first-order valence-electron chi connectivity index (χ1n) is 12.7. The van der Waals surface area contributed by atoms with Gasteiger partial charge in [-0.3, -0.25) is 0 Å². The standard InChI is InChI=1S/C26H46Cl2N2O.4H2O/c1-18(2)25(29-14-19-5-10-24(28)21(13-19)16-31)15-30-12-11-23(26(3,4)17-30)20-6-8-22(27)9-7-20;;;;/h6,8,18-25,29,31H,5,7,9-17H2,1-4H3;4*1H2/t19?,20?,21?,22?,23?,24?,25-;;;;/m0..../s1. The zero-order chi connectivity index (χ0) is 22.6. The third kappa shape index (κ3) is 10.4. The molecule has 0 aromatic carbocycles. The van der Waals surface area contributed by atoms with Gasteiger partial charge in [0.1, 0.15) is 0 Å². The Balaban J connectivity index is 0. The lowest BCUT2D eigenvalue weighted by molar-refractivity contribution is 0.0215. The van der Waals surface area contributed by atoms with E-state index in [0.717, 1.165) is 38.3 Å². The van der Waals surface area contributed by atoms with Gasteiger partial charge in [0.2, 0.25) is 0 Å². The van der Waals surface area contributed by atoms with E-state index in [1.807, 2.05) is 0 Å². The van der Waals surface area contributed by atoms with Crippen LogP contribution in [-0.2, 0) is 0 Å². The number of nitrogens with one attached hydrogen (secondary N) is 1. The summed E-state index contributed by atoms with van der Waals surface area (Å²) in [5.74, 6) is 2.97. The van der Waals surface area contributed by atoms with Crippen LogP contribution < -0.4 is 5.32 Å². The number of likely N-dealkylation sites (tertiary alicyclic amines) is 1. The van der Waals surface area contributed by atoms with Gasteiger partial charge in [-0.1, -0.05) is 39.8 Å². The van der Waals surface area contributed by atoms with Gasteiger partial charge in [-0.15, -0.1) is 23.2 Å². The van der Waals surface area contributed by atoms with Crippen molar-refractivity contribution < 1.29 is 27.0 Å². The van der Waals surface area contributed by atoms with Gasteiger partial charge in [0, 0.05) is 31.1 Å². The number of hydrogen-bond acceptors (Lipinski definition) is 3. The maximum Gasteiger partial charge on any atom is 0.0516 e. The Bertz CT molecular complexity index is 596. The molecule has 212 valence electrons. The summed E-state index contributed by atoms with van der Waals surface area (Å²) in [5.41, 5.74) is 0.334. The molecule has 0 radical (unpaired) electrons. The topological polar surface area (TPSA) is 162 Å². The van der Waals surface area contributed by atoms with Gasteiger partial charge < -0.3 is 37.2 Å². The highest BCUT2D eigenvalue weighted by Crippen LogP contribution is 2.43. The van der Waals surface area contributed by atoms with Crippen LogP contribution in [0.5, 0.6) is 0 Å². The molecule has 10 N–H and O–H groups in total. The fourth-order valence-electron chi connectivity index (χ4n) is 6.38. The van der Waals surface area contributed by atoms with Crippen LogP contribution in [0.25, 0.3) is 0 Å². The van der Waals surface area contributed by atoms with E-state index in [0.29, 0.717) is 29.2 Å². The first kappa shape index (κ1) is 37.2. The van der Waals surface area contributed by atoms with Crippen LogP contribution in [0.2, 0.25) is 0 Å². The minimum absolute atomic E-state index is 0. The largest absolute Gasteiger partial charge is 0.412 e. The summed E-state index contributed by atoms with van der Waals surface area (Å²) in [4.78, 5) is 2.71. The molecule has 0 aromatic heterocycles. The summed E-state index contributed by atoms with van der Waals surface area (Å²) in [5, 5.41) is 13.9. The summed E-state index contributed by atoms with van der Waals surface area (Å²) >= 11 is 12.7. The molecule has 1 saturated carbocycles. The molecule has 2 aliphatic carbocycles. The van der Waals surface area contributed by atoms with Crippen LogP contribution in [0.15, 0.2) is 12.2 Å². The van der Waals surface area contributed by atoms with Crippen LogP contribution in [0, 0.1) is 35.0 Å². The average molecular weight is 546 g/mol. The Kier molecular flexibility index (Phi) is 17.8. The molecule has 35 heavy (non-hydrogen) atoms. The van der Waals surface area contributed by atoms with Crippen molar-refractivity contribution in [3.05, 3.63) is 12.2 Å². The fraction of sp³-hybridized carbons (Fsp3) is 0.923. The molecule has 9 heteroatoms. The highest BCUT2D eigenvalue weighted by molar-refractivity contribution is 6.21. The number of rotatable bonds is 8. The highest BCUT2D eigenvalue weighted by atomic mass is 35.5. The number of piperidine rings is 1. The van der Waals surface area contributed by atoms with Gasteiger partial charge in [0.15, 0.2) is 0 Å². The summed E-state index contributed by atoms with van der Waals surface area (Å²) in [6.45, 7) is 14.4. The maximum absolute atomic E-state index is 9.62. The smallest absolute Gasteiger partial charge is 0.0516 e. The van der Waals surface area contributed by atoms with Crippen molar-refractivity contribution in [2.75, 3.05) is 32.8 Å².